The Labute approximate surface area is 112 Å². The number of carbonyl (C=O) groups excluding carboxylic acids is 1. The molecule has 1 fully saturated rings. The van der Waals surface area contributed by atoms with Crippen LogP contribution >= 0.6 is 11.3 Å². The summed E-state index contributed by atoms with van der Waals surface area (Å²) in [4.78, 5) is 12.7. The van der Waals surface area contributed by atoms with E-state index in [4.69, 9.17) is 0 Å². The maximum absolute atomic E-state index is 12.0. The number of thiophene rings is 1. The van der Waals surface area contributed by atoms with Gasteiger partial charge in [0.2, 0.25) is 0 Å². The van der Waals surface area contributed by atoms with E-state index in [2.05, 4.69) is 12.2 Å². The highest BCUT2D eigenvalue weighted by Gasteiger charge is 2.33. The number of hydrogen-bond acceptors (Lipinski definition) is 3. The summed E-state index contributed by atoms with van der Waals surface area (Å²) in [6.07, 6.45) is 3.81. The second kappa shape index (κ2) is 5.41. The van der Waals surface area contributed by atoms with Crippen molar-refractivity contribution < 1.29 is 9.90 Å². The first-order valence-electron chi connectivity index (χ1n) is 6.55. The molecule has 2 unspecified atom stereocenters. The molecule has 1 aliphatic carbocycles. The lowest BCUT2D eigenvalue weighted by Gasteiger charge is -2.35. The monoisotopic (exact) mass is 267 g/mol. The van der Waals surface area contributed by atoms with Gasteiger partial charge < -0.3 is 10.4 Å². The fraction of sp³-hybridized carbons (Fsp3) is 0.643. The highest BCUT2D eigenvalue weighted by molar-refractivity contribution is 7.12. The molecule has 1 aromatic heterocycles. The molecular formula is C14H21NO2S. The first-order chi connectivity index (χ1) is 8.50. The Morgan fingerprint density at radius 1 is 1.67 bits per heavy atom. The second-order valence-corrected chi connectivity index (χ2v) is 6.46. The summed E-state index contributed by atoms with van der Waals surface area (Å²) in [6.45, 7) is 4.46. The first kappa shape index (κ1) is 13.6. The molecule has 4 heteroatoms. The van der Waals surface area contributed by atoms with Gasteiger partial charge in [0.05, 0.1) is 10.5 Å². The van der Waals surface area contributed by atoms with E-state index in [0.29, 0.717) is 12.5 Å². The lowest BCUT2D eigenvalue weighted by molar-refractivity contribution is -0.0109. The van der Waals surface area contributed by atoms with E-state index >= 15 is 0 Å². The molecule has 0 spiro atoms. The zero-order chi connectivity index (χ0) is 13.2. The highest BCUT2D eigenvalue weighted by Crippen LogP contribution is 2.31. The quantitative estimate of drug-likeness (QED) is 0.884. The molecule has 0 aliphatic heterocycles. The normalized spacial score (nSPS) is 28.1. The van der Waals surface area contributed by atoms with Crippen LogP contribution in [0.15, 0.2) is 11.4 Å². The van der Waals surface area contributed by atoms with E-state index in [1.165, 1.54) is 17.8 Å². The van der Waals surface area contributed by atoms with Crippen molar-refractivity contribution in [3.05, 3.63) is 21.9 Å². The number of carbonyl (C=O) groups is 1. The summed E-state index contributed by atoms with van der Waals surface area (Å²) in [5.41, 5.74) is 0.292. The van der Waals surface area contributed by atoms with Crippen LogP contribution in [-0.4, -0.2) is 23.2 Å². The molecule has 0 radical (unpaired) electrons. The Morgan fingerprint density at radius 2 is 2.44 bits per heavy atom. The maximum Gasteiger partial charge on any atom is 0.261 e. The van der Waals surface area contributed by atoms with E-state index in [1.54, 1.807) is 0 Å². The number of nitrogens with one attached hydrogen (secondary N) is 1. The van der Waals surface area contributed by atoms with E-state index < -0.39 is 5.60 Å². The number of amides is 1. The zero-order valence-electron chi connectivity index (χ0n) is 11.0. The highest BCUT2D eigenvalue weighted by atomic mass is 32.1. The predicted molar refractivity (Wildman–Crippen MR) is 74.0 cm³/mol. The number of aryl methyl sites for hydroxylation is 1. The Bertz CT molecular complexity index is 429. The van der Waals surface area contributed by atoms with Crippen LogP contribution < -0.4 is 5.32 Å². The molecule has 18 heavy (non-hydrogen) atoms. The minimum atomic E-state index is -0.710. The Hall–Kier alpha value is -0.870. The summed E-state index contributed by atoms with van der Waals surface area (Å²) < 4.78 is 0. The van der Waals surface area contributed by atoms with Crippen LogP contribution in [0.2, 0.25) is 0 Å². The molecule has 3 nitrogen and oxygen atoms in total. The number of rotatable bonds is 3. The molecular weight excluding hydrogens is 246 g/mol. The molecule has 100 valence electrons. The number of aliphatic hydroxyl groups is 1. The lowest BCUT2D eigenvalue weighted by atomic mass is 9.79. The van der Waals surface area contributed by atoms with Gasteiger partial charge in [-0.3, -0.25) is 4.79 Å². The Morgan fingerprint density at radius 3 is 3.06 bits per heavy atom. The molecule has 0 aromatic carbocycles. The van der Waals surface area contributed by atoms with Gasteiger partial charge in [0.15, 0.2) is 0 Å². The third-order valence-corrected chi connectivity index (χ3v) is 4.73. The molecule has 2 atom stereocenters. The van der Waals surface area contributed by atoms with Crippen molar-refractivity contribution in [3.8, 4) is 0 Å². The average molecular weight is 267 g/mol. The standard InChI is InChI=1S/C14H21NO2S/c1-10-4-3-6-14(17,8-10)9-15-13(16)12-11(2)5-7-18-12/h5,7,10,17H,3-4,6,8-9H2,1-2H3,(H,15,16). The second-order valence-electron chi connectivity index (χ2n) is 5.54. The van der Waals surface area contributed by atoms with Crippen LogP contribution in [-0.2, 0) is 0 Å². The van der Waals surface area contributed by atoms with E-state index in [1.807, 2.05) is 18.4 Å². The summed E-state index contributed by atoms with van der Waals surface area (Å²) in [7, 11) is 0. The minimum Gasteiger partial charge on any atom is -0.388 e. The van der Waals surface area contributed by atoms with Gasteiger partial charge in [0.1, 0.15) is 0 Å². The van der Waals surface area contributed by atoms with Crippen molar-refractivity contribution in [2.24, 2.45) is 5.92 Å². The van der Waals surface area contributed by atoms with Gasteiger partial charge in [-0.2, -0.15) is 0 Å². The van der Waals surface area contributed by atoms with Crippen LogP contribution in [0.25, 0.3) is 0 Å². The van der Waals surface area contributed by atoms with Crippen molar-refractivity contribution in [2.75, 3.05) is 6.54 Å². The Kier molecular flexibility index (Phi) is 4.07. The van der Waals surface area contributed by atoms with Gasteiger partial charge in [-0.05, 0) is 42.7 Å². The topological polar surface area (TPSA) is 49.3 Å². The van der Waals surface area contributed by atoms with Crippen LogP contribution in [0.5, 0.6) is 0 Å². The van der Waals surface area contributed by atoms with Gasteiger partial charge in [-0.25, -0.2) is 0 Å². The SMILES string of the molecule is Cc1ccsc1C(=O)NCC1(O)CCCC(C)C1. The van der Waals surface area contributed by atoms with Crippen LogP contribution in [0.4, 0.5) is 0 Å². The minimum absolute atomic E-state index is 0.0610. The van der Waals surface area contributed by atoms with Gasteiger partial charge in [0.25, 0.3) is 5.91 Å². The van der Waals surface area contributed by atoms with Crippen LogP contribution in [0.3, 0.4) is 0 Å². The third kappa shape index (κ3) is 3.12. The van der Waals surface area contributed by atoms with Crippen LogP contribution in [0, 0.1) is 12.8 Å². The third-order valence-electron chi connectivity index (χ3n) is 3.71. The van der Waals surface area contributed by atoms with E-state index in [-0.39, 0.29) is 5.91 Å². The lowest BCUT2D eigenvalue weighted by Crippen LogP contribution is -2.45. The van der Waals surface area contributed by atoms with Crippen molar-refractivity contribution in [1.82, 2.24) is 5.32 Å². The molecule has 1 saturated carbocycles. The molecule has 1 amide bonds. The van der Waals surface area contributed by atoms with Crippen molar-refractivity contribution >= 4 is 17.2 Å². The predicted octanol–water partition coefficient (Wildman–Crippen LogP) is 2.73. The average Bonchev–Trinajstić information content (AvgIpc) is 2.72. The summed E-state index contributed by atoms with van der Waals surface area (Å²) in [5, 5.41) is 15.2. The molecule has 2 rings (SSSR count). The fourth-order valence-corrected chi connectivity index (χ4v) is 3.56. The molecule has 0 bridgehead atoms. The van der Waals surface area contributed by atoms with Crippen molar-refractivity contribution in [3.63, 3.8) is 0 Å². The summed E-state index contributed by atoms with van der Waals surface area (Å²) >= 11 is 1.45. The maximum atomic E-state index is 12.0. The smallest absolute Gasteiger partial charge is 0.261 e. The van der Waals surface area contributed by atoms with Crippen LogP contribution in [0.1, 0.15) is 47.8 Å². The number of hydrogen-bond donors (Lipinski definition) is 2. The van der Waals surface area contributed by atoms with E-state index in [9.17, 15) is 9.90 Å². The van der Waals surface area contributed by atoms with E-state index in [0.717, 1.165) is 29.7 Å². The molecule has 2 N–H and O–H groups in total. The van der Waals surface area contributed by atoms with Crippen molar-refractivity contribution in [2.45, 2.75) is 45.1 Å². The summed E-state index contributed by atoms with van der Waals surface area (Å²) in [5.74, 6) is 0.485. The zero-order valence-corrected chi connectivity index (χ0v) is 11.8. The van der Waals surface area contributed by atoms with Gasteiger partial charge in [0, 0.05) is 6.54 Å². The first-order valence-corrected chi connectivity index (χ1v) is 7.43. The Balaban J connectivity index is 1.91. The van der Waals surface area contributed by atoms with Gasteiger partial charge in [-0.15, -0.1) is 11.3 Å². The van der Waals surface area contributed by atoms with Gasteiger partial charge in [-0.1, -0.05) is 19.8 Å². The molecule has 1 aromatic rings. The van der Waals surface area contributed by atoms with Crippen molar-refractivity contribution in [1.29, 1.82) is 0 Å². The van der Waals surface area contributed by atoms with Gasteiger partial charge >= 0.3 is 0 Å². The summed E-state index contributed by atoms with van der Waals surface area (Å²) in [6, 6.07) is 1.94. The fourth-order valence-electron chi connectivity index (χ4n) is 2.72. The molecule has 1 aliphatic rings. The largest absolute Gasteiger partial charge is 0.388 e. The molecule has 1 heterocycles. The molecule has 0 saturated heterocycles.